The van der Waals surface area contributed by atoms with Gasteiger partial charge in [-0.2, -0.15) is 5.26 Å². The van der Waals surface area contributed by atoms with E-state index in [1.54, 1.807) is 18.2 Å². The van der Waals surface area contributed by atoms with Gasteiger partial charge in [0.05, 0.1) is 6.07 Å². The highest BCUT2D eigenvalue weighted by Gasteiger charge is 2.12. The van der Waals surface area contributed by atoms with E-state index >= 15 is 0 Å². The van der Waals surface area contributed by atoms with E-state index in [4.69, 9.17) is 5.26 Å². The number of halogens is 1. The minimum atomic E-state index is -0.830. The van der Waals surface area contributed by atoms with Crippen molar-refractivity contribution < 1.29 is 9.59 Å². The van der Waals surface area contributed by atoms with Gasteiger partial charge in [-0.15, -0.1) is 0 Å². The number of carbonyl (C=O) groups excluding carboxylic acids is 2. The van der Waals surface area contributed by atoms with E-state index in [0.717, 1.165) is 10.0 Å². The van der Waals surface area contributed by atoms with Gasteiger partial charge in [0.15, 0.2) is 0 Å². The SMILES string of the molecule is Cc1ccc(NC(=O)C(=O)NCC#N)cc1Br. The summed E-state index contributed by atoms with van der Waals surface area (Å²) < 4.78 is 0.840. The second-order valence-electron chi connectivity index (χ2n) is 3.26. The van der Waals surface area contributed by atoms with Crippen molar-refractivity contribution in [1.82, 2.24) is 5.32 Å². The van der Waals surface area contributed by atoms with Crippen LogP contribution in [0.1, 0.15) is 5.56 Å². The number of anilines is 1. The van der Waals surface area contributed by atoms with Crippen LogP contribution >= 0.6 is 15.9 Å². The van der Waals surface area contributed by atoms with Gasteiger partial charge in [0.25, 0.3) is 0 Å². The molecule has 0 heterocycles. The Bertz CT molecular complexity index is 494. The molecule has 1 aromatic rings. The Morgan fingerprint density at radius 1 is 1.41 bits per heavy atom. The Hall–Kier alpha value is -1.87. The molecule has 0 spiro atoms. The molecular weight excluding hydrogens is 286 g/mol. The summed E-state index contributed by atoms with van der Waals surface area (Å²) in [6, 6.07) is 6.92. The van der Waals surface area contributed by atoms with E-state index in [0.29, 0.717) is 5.69 Å². The predicted octanol–water partition coefficient (Wildman–Crippen LogP) is 1.34. The highest BCUT2D eigenvalue weighted by molar-refractivity contribution is 9.10. The number of carbonyl (C=O) groups is 2. The summed E-state index contributed by atoms with van der Waals surface area (Å²) in [5, 5.41) is 12.8. The average molecular weight is 296 g/mol. The van der Waals surface area contributed by atoms with Crippen molar-refractivity contribution in [2.75, 3.05) is 11.9 Å². The van der Waals surface area contributed by atoms with Crippen LogP contribution in [0.15, 0.2) is 22.7 Å². The van der Waals surface area contributed by atoms with E-state index in [9.17, 15) is 9.59 Å². The molecule has 5 nitrogen and oxygen atoms in total. The number of benzene rings is 1. The third kappa shape index (κ3) is 3.89. The van der Waals surface area contributed by atoms with Crippen molar-refractivity contribution in [3.05, 3.63) is 28.2 Å². The number of nitriles is 1. The molecular formula is C11H10BrN3O2. The van der Waals surface area contributed by atoms with Crippen LogP contribution in [0.3, 0.4) is 0 Å². The van der Waals surface area contributed by atoms with E-state index in [2.05, 4.69) is 26.6 Å². The van der Waals surface area contributed by atoms with Gasteiger partial charge in [0.1, 0.15) is 6.54 Å². The zero-order chi connectivity index (χ0) is 12.8. The first-order valence-corrected chi connectivity index (χ1v) is 5.56. The van der Waals surface area contributed by atoms with Crippen LogP contribution in [0.2, 0.25) is 0 Å². The summed E-state index contributed by atoms with van der Waals surface area (Å²) in [5.41, 5.74) is 1.54. The quantitative estimate of drug-likeness (QED) is 0.638. The molecule has 1 rings (SSSR count). The van der Waals surface area contributed by atoms with Gasteiger partial charge in [-0.05, 0) is 24.6 Å². The largest absolute Gasteiger partial charge is 0.335 e. The molecule has 0 aliphatic heterocycles. The molecule has 6 heteroatoms. The number of amides is 2. The summed E-state index contributed by atoms with van der Waals surface area (Å²) in [4.78, 5) is 22.5. The summed E-state index contributed by atoms with van der Waals surface area (Å²) >= 11 is 3.32. The molecule has 1 aromatic carbocycles. The molecule has 0 unspecified atom stereocenters. The standard InChI is InChI=1S/C11H10BrN3O2/c1-7-2-3-8(6-9(7)12)15-11(17)10(16)14-5-4-13/h2-3,6H,5H2,1H3,(H,14,16)(H,15,17). The predicted molar refractivity (Wildman–Crippen MR) is 66.1 cm³/mol. The van der Waals surface area contributed by atoms with E-state index < -0.39 is 11.8 Å². The Labute approximate surface area is 107 Å². The zero-order valence-electron chi connectivity index (χ0n) is 9.08. The maximum Gasteiger partial charge on any atom is 0.313 e. The lowest BCUT2D eigenvalue weighted by Gasteiger charge is -2.06. The molecule has 88 valence electrons. The first kappa shape index (κ1) is 13.2. The molecule has 17 heavy (non-hydrogen) atoms. The number of aryl methyl sites for hydroxylation is 1. The van der Waals surface area contributed by atoms with Gasteiger partial charge in [0, 0.05) is 10.2 Å². The van der Waals surface area contributed by atoms with E-state index in [-0.39, 0.29) is 6.54 Å². The van der Waals surface area contributed by atoms with Gasteiger partial charge in [-0.25, -0.2) is 0 Å². The molecule has 0 aromatic heterocycles. The third-order valence-electron chi connectivity index (χ3n) is 1.96. The lowest BCUT2D eigenvalue weighted by atomic mass is 10.2. The van der Waals surface area contributed by atoms with Crippen LogP contribution in [0.4, 0.5) is 5.69 Å². The topological polar surface area (TPSA) is 82.0 Å². The van der Waals surface area contributed by atoms with Gasteiger partial charge in [-0.1, -0.05) is 22.0 Å². The lowest BCUT2D eigenvalue weighted by Crippen LogP contribution is -2.35. The molecule has 0 saturated carbocycles. The first-order chi connectivity index (χ1) is 8.04. The van der Waals surface area contributed by atoms with E-state index in [1.165, 1.54) is 0 Å². The lowest BCUT2D eigenvalue weighted by molar-refractivity contribution is -0.136. The fraction of sp³-hybridized carbons (Fsp3) is 0.182. The molecule has 0 bridgehead atoms. The van der Waals surface area contributed by atoms with Crippen molar-refractivity contribution in [3.8, 4) is 6.07 Å². The summed E-state index contributed by atoms with van der Waals surface area (Å²) in [6.07, 6.45) is 0. The molecule has 2 amide bonds. The second kappa shape index (κ2) is 6.01. The van der Waals surface area contributed by atoms with Crippen LogP contribution in [-0.4, -0.2) is 18.4 Å². The Kier molecular flexibility index (Phi) is 4.67. The van der Waals surface area contributed by atoms with Crippen LogP contribution in [0.5, 0.6) is 0 Å². The minimum Gasteiger partial charge on any atom is -0.335 e. The third-order valence-corrected chi connectivity index (χ3v) is 2.82. The number of rotatable bonds is 2. The van der Waals surface area contributed by atoms with Gasteiger partial charge in [-0.3, -0.25) is 9.59 Å². The maximum atomic E-state index is 11.4. The van der Waals surface area contributed by atoms with Crippen molar-refractivity contribution in [2.45, 2.75) is 6.92 Å². The molecule has 0 aliphatic carbocycles. The normalized spacial score (nSPS) is 9.24. The Balaban J connectivity index is 2.65. The Morgan fingerprint density at radius 3 is 2.71 bits per heavy atom. The first-order valence-electron chi connectivity index (χ1n) is 4.77. The fourth-order valence-electron chi connectivity index (χ4n) is 1.06. The smallest absolute Gasteiger partial charge is 0.313 e. The number of nitrogens with zero attached hydrogens (tertiary/aromatic N) is 1. The van der Waals surface area contributed by atoms with Crippen molar-refractivity contribution in [2.24, 2.45) is 0 Å². The van der Waals surface area contributed by atoms with Crippen molar-refractivity contribution in [3.63, 3.8) is 0 Å². The van der Waals surface area contributed by atoms with Crippen LogP contribution in [-0.2, 0) is 9.59 Å². The van der Waals surface area contributed by atoms with Gasteiger partial charge >= 0.3 is 11.8 Å². The van der Waals surface area contributed by atoms with Crippen LogP contribution in [0.25, 0.3) is 0 Å². The Morgan fingerprint density at radius 2 is 2.12 bits per heavy atom. The molecule has 0 saturated heterocycles. The van der Waals surface area contributed by atoms with Gasteiger partial charge in [0.2, 0.25) is 0 Å². The number of nitrogens with one attached hydrogen (secondary N) is 2. The second-order valence-corrected chi connectivity index (χ2v) is 4.11. The van der Waals surface area contributed by atoms with E-state index in [1.807, 2.05) is 13.0 Å². The summed E-state index contributed by atoms with van der Waals surface area (Å²) in [5.74, 6) is -1.63. The molecule has 0 aliphatic rings. The van der Waals surface area contributed by atoms with Crippen molar-refractivity contribution in [1.29, 1.82) is 5.26 Å². The highest BCUT2D eigenvalue weighted by Crippen LogP contribution is 2.20. The molecule has 0 radical (unpaired) electrons. The summed E-state index contributed by atoms with van der Waals surface area (Å²) in [6.45, 7) is 1.72. The van der Waals surface area contributed by atoms with Gasteiger partial charge < -0.3 is 10.6 Å². The molecule has 0 fully saturated rings. The minimum absolute atomic E-state index is 0.191. The monoisotopic (exact) mass is 295 g/mol. The van der Waals surface area contributed by atoms with Crippen molar-refractivity contribution >= 4 is 33.4 Å². The maximum absolute atomic E-state index is 11.4. The number of hydrogen-bond acceptors (Lipinski definition) is 3. The number of hydrogen-bond donors (Lipinski definition) is 2. The fourth-order valence-corrected chi connectivity index (χ4v) is 1.44. The average Bonchev–Trinajstić information content (AvgIpc) is 2.30. The molecule has 2 N–H and O–H groups in total. The van der Waals surface area contributed by atoms with Crippen LogP contribution < -0.4 is 10.6 Å². The molecule has 0 atom stereocenters. The van der Waals surface area contributed by atoms with Crippen LogP contribution in [0, 0.1) is 18.3 Å². The highest BCUT2D eigenvalue weighted by atomic mass is 79.9. The summed E-state index contributed by atoms with van der Waals surface area (Å²) in [7, 11) is 0. The zero-order valence-corrected chi connectivity index (χ0v) is 10.7.